The van der Waals surface area contributed by atoms with Crippen LogP contribution in [0, 0.1) is 0 Å². The maximum Gasteiger partial charge on any atom is 0.335 e. The fourth-order valence-corrected chi connectivity index (χ4v) is 1.08. The van der Waals surface area contributed by atoms with Crippen LogP contribution in [0.2, 0.25) is 0 Å². The highest BCUT2D eigenvalue weighted by molar-refractivity contribution is 5.72. The van der Waals surface area contributed by atoms with E-state index in [1.807, 2.05) is 0 Å². The number of carboxylic acids is 1. The van der Waals surface area contributed by atoms with E-state index in [1.54, 1.807) is 0 Å². The summed E-state index contributed by atoms with van der Waals surface area (Å²) >= 11 is 0. The van der Waals surface area contributed by atoms with Crippen molar-refractivity contribution in [2.75, 3.05) is 13.2 Å². The lowest BCUT2D eigenvalue weighted by Crippen LogP contribution is -2.48. The quantitative estimate of drug-likeness (QED) is 0.175. The molecule has 0 spiro atoms. The molecule has 0 bridgehead atoms. The van der Waals surface area contributed by atoms with Crippen LogP contribution < -0.4 is 0 Å². The minimum absolute atomic E-state index is 0.0869. The lowest BCUT2D eigenvalue weighted by atomic mass is 10.0. The first-order valence-corrected chi connectivity index (χ1v) is 6.21. The maximum atomic E-state index is 10.1. The Morgan fingerprint density at radius 3 is 1.48 bits per heavy atom. The standard InChI is InChI=1S/C6H12O7.C5H10O5/c7-1-2(8)3(9)4(10)5(11)6(12)13;6-1-3(8)5(10)4(9)2-7/h2-5,7-11H,1H2,(H,12,13);1,3-5,7-10H,2H2/t2-,3-,4+,5-;3-,4+,5+/m10/s1. The summed E-state index contributed by atoms with van der Waals surface area (Å²) in [5.74, 6) is -1.73. The van der Waals surface area contributed by atoms with E-state index in [4.69, 9.17) is 51.1 Å². The van der Waals surface area contributed by atoms with Crippen molar-refractivity contribution in [3.8, 4) is 0 Å². The number of hydrogen-bond donors (Lipinski definition) is 10. The van der Waals surface area contributed by atoms with Crippen LogP contribution >= 0.6 is 0 Å². The van der Waals surface area contributed by atoms with Gasteiger partial charge in [-0.3, -0.25) is 0 Å². The second-order valence-electron chi connectivity index (χ2n) is 4.38. The third kappa shape index (κ3) is 8.85. The average Bonchev–Trinajstić information content (AvgIpc) is 2.56. The first-order chi connectivity index (χ1) is 10.5. The highest BCUT2D eigenvalue weighted by Gasteiger charge is 2.33. The highest BCUT2D eigenvalue weighted by atomic mass is 16.4. The van der Waals surface area contributed by atoms with Gasteiger partial charge >= 0.3 is 5.97 Å². The van der Waals surface area contributed by atoms with Crippen molar-refractivity contribution in [1.82, 2.24) is 0 Å². The summed E-state index contributed by atoms with van der Waals surface area (Å²) in [5.41, 5.74) is 0. The molecule has 0 radical (unpaired) electrons. The lowest BCUT2D eigenvalue weighted by Gasteiger charge is -2.23. The molecule has 0 aliphatic carbocycles. The molecule has 7 atom stereocenters. The molecule has 10 N–H and O–H groups in total. The fraction of sp³-hybridized carbons (Fsp3) is 0.818. The molecule has 0 amide bonds. The van der Waals surface area contributed by atoms with Crippen LogP contribution in [0.4, 0.5) is 0 Å². The molecule has 0 saturated carbocycles. The number of aliphatic hydroxyl groups excluding tert-OH is 9. The van der Waals surface area contributed by atoms with Gasteiger partial charge in [0.05, 0.1) is 13.2 Å². The molecule has 12 heteroatoms. The first-order valence-electron chi connectivity index (χ1n) is 6.21. The molecule has 0 aliphatic rings. The van der Waals surface area contributed by atoms with Crippen molar-refractivity contribution in [1.29, 1.82) is 0 Å². The number of hydrogen-bond acceptors (Lipinski definition) is 11. The number of carbonyl (C=O) groups excluding carboxylic acids is 1. The van der Waals surface area contributed by atoms with Crippen molar-refractivity contribution >= 4 is 12.3 Å². The van der Waals surface area contributed by atoms with Crippen molar-refractivity contribution in [2.24, 2.45) is 0 Å². The molecule has 138 valence electrons. The Balaban J connectivity index is 0. The van der Waals surface area contributed by atoms with Gasteiger partial charge in [0, 0.05) is 0 Å². The van der Waals surface area contributed by atoms with E-state index in [1.165, 1.54) is 0 Å². The van der Waals surface area contributed by atoms with Gasteiger partial charge in [-0.05, 0) is 0 Å². The molecule has 0 aromatic rings. The predicted molar refractivity (Wildman–Crippen MR) is 69.9 cm³/mol. The van der Waals surface area contributed by atoms with Gasteiger partial charge in [-0.15, -0.1) is 0 Å². The van der Waals surface area contributed by atoms with Crippen molar-refractivity contribution in [2.45, 2.75) is 42.7 Å². The van der Waals surface area contributed by atoms with Gasteiger partial charge in [-0.2, -0.15) is 0 Å². The summed E-state index contributed by atoms with van der Waals surface area (Å²) < 4.78 is 0. The van der Waals surface area contributed by atoms with Gasteiger partial charge in [0.15, 0.2) is 12.4 Å². The van der Waals surface area contributed by atoms with Gasteiger partial charge in [-0.1, -0.05) is 0 Å². The number of rotatable bonds is 9. The van der Waals surface area contributed by atoms with E-state index in [0.717, 1.165) is 0 Å². The van der Waals surface area contributed by atoms with Crippen LogP contribution in [0.5, 0.6) is 0 Å². The number of aliphatic hydroxyl groups is 9. The second-order valence-corrected chi connectivity index (χ2v) is 4.38. The van der Waals surface area contributed by atoms with Crippen LogP contribution in [0.1, 0.15) is 0 Å². The topological polar surface area (TPSA) is 236 Å². The molecule has 0 fully saturated rings. The Morgan fingerprint density at radius 2 is 1.17 bits per heavy atom. The third-order valence-corrected chi connectivity index (χ3v) is 2.58. The number of aliphatic carboxylic acids is 1. The lowest BCUT2D eigenvalue weighted by molar-refractivity contribution is -0.164. The van der Waals surface area contributed by atoms with E-state index in [2.05, 4.69) is 0 Å². The Labute approximate surface area is 130 Å². The van der Waals surface area contributed by atoms with E-state index < -0.39 is 61.9 Å². The van der Waals surface area contributed by atoms with Gasteiger partial charge in [0.1, 0.15) is 36.6 Å². The third-order valence-electron chi connectivity index (χ3n) is 2.58. The number of carboxylic acid groups (broad SMARTS) is 1. The minimum atomic E-state index is -2.20. The summed E-state index contributed by atoms with van der Waals surface area (Å²) in [6, 6.07) is 0. The zero-order chi connectivity index (χ0) is 18.7. The van der Waals surface area contributed by atoms with E-state index >= 15 is 0 Å². The number of carbonyl (C=O) groups is 2. The highest BCUT2D eigenvalue weighted by Crippen LogP contribution is 2.04. The summed E-state index contributed by atoms with van der Waals surface area (Å²) in [6.07, 6.45) is -12.5. The Hall–Kier alpha value is -1.22. The Kier molecular flexibility index (Phi) is 12.8. The smallest absolute Gasteiger partial charge is 0.335 e. The largest absolute Gasteiger partial charge is 0.479 e. The molecule has 0 rings (SSSR count). The molecule has 23 heavy (non-hydrogen) atoms. The average molecular weight is 346 g/mol. The van der Waals surface area contributed by atoms with E-state index in [-0.39, 0.29) is 6.29 Å². The van der Waals surface area contributed by atoms with Crippen molar-refractivity contribution in [3.63, 3.8) is 0 Å². The van der Waals surface area contributed by atoms with Crippen LogP contribution in [0.3, 0.4) is 0 Å². The minimum Gasteiger partial charge on any atom is -0.479 e. The molecule has 0 saturated heterocycles. The zero-order valence-corrected chi connectivity index (χ0v) is 11.8. The molecule has 0 aromatic carbocycles. The molecule has 0 aliphatic heterocycles. The van der Waals surface area contributed by atoms with Crippen LogP contribution in [0.15, 0.2) is 0 Å². The summed E-state index contributed by atoms with van der Waals surface area (Å²) in [6.45, 7) is -1.53. The predicted octanol–water partition coefficient (Wildman–Crippen LogP) is -6.23. The SMILES string of the molecule is O=C(O)[C@H](O)[C@@H](O)[C@H](O)[C@H](O)CO.O=C[C@H](O)[C@@H](O)[C@H](O)CO. The van der Waals surface area contributed by atoms with Crippen molar-refractivity contribution in [3.05, 3.63) is 0 Å². The van der Waals surface area contributed by atoms with Gasteiger partial charge in [-0.25, -0.2) is 4.79 Å². The molecule has 0 aromatic heterocycles. The van der Waals surface area contributed by atoms with Gasteiger partial charge in [0.25, 0.3) is 0 Å². The molecular formula is C11H22O12. The number of aldehydes is 1. The zero-order valence-electron chi connectivity index (χ0n) is 11.8. The molecule has 0 unspecified atom stereocenters. The normalized spacial score (nSPS) is 20.0. The summed E-state index contributed by atoms with van der Waals surface area (Å²) in [7, 11) is 0. The molecule has 0 heterocycles. The monoisotopic (exact) mass is 346 g/mol. The van der Waals surface area contributed by atoms with Crippen LogP contribution in [0.25, 0.3) is 0 Å². The maximum absolute atomic E-state index is 10.1. The summed E-state index contributed by atoms with van der Waals surface area (Å²) in [4.78, 5) is 19.9. The van der Waals surface area contributed by atoms with Gasteiger partial charge in [0.2, 0.25) is 0 Å². The molecular weight excluding hydrogens is 324 g/mol. The van der Waals surface area contributed by atoms with Crippen LogP contribution in [-0.4, -0.2) is 119 Å². The molecule has 12 nitrogen and oxygen atoms in total. The van der Waals surface area contributed by atoms with Gasteiger partial charge < -0.3 is 55.9 Å². The van der Waals surface area contributed by atoms with E-state index in [0.29, 0.717) is 0 Å². The Morgan fingerprint density at radius 1 is 0.783 bits per heavy atom. The Bertz CT molecular complexity index is 337. The van der Waals surface area contributed by atoms with Crippen LogP contribution in [-0.2, 0) is 9.59 Å². The first kappa shape index (κ1) is 24.0. The second kappa shape index (κ2) is 12.2. The summed E-state index contributed by atoms with van der Waals surface area (Å²) in [5, 5.41) is 85.9. The van der Waals surface area contributed by atoms with Crippen molar-refractivity contribution < 1.29 is 60.7 Å². The van der Waals surface area contributed by atoms with E-state index in [9.17, 15) is 9.59 Å². The fourth-order valence-electron chi connectivity index (χ4n) is 1.08.